The second-order valence-electron chi connectivity index (χ2n) is 6.99. The lowest BCUT2D eigenvalue weighted by Crippen LogP contribution is -2.06. The van der Waals surface area contributed by atoms with Crippen LogP contribution in [0.3, 0.4) is 0 Å². The second kappa shape index (κ2) is 10.9. The van der Waals surface area contributed by atoms with Gasteiger partial charge in [0.2, 0.25) is 5.90 Å². The van der Waals surface area contributed by atoms with Gasteiger partial charge in [-0.25, -0.2) is 9.79 Å². The molecule has 0 amide bonds. The Morgan fingerprint density at radius 2 is 1.82 bits per heavy atom. The van der Waals surface area contributed by atoms with Crippen LogP contribution in [-0.2, 0) is 16.1 Å². The van der Waals surface area contributed by atoms with Crippen LogP contribution in [0.1, 0.15) is 16.7 Å². The van der Waals surface area contributed by atoms with Crippen LogP contribution in [0, 0.1) is 20.8 Å². The van der Waals surface area contributed by atoms with Crippen molar-refractivity contribution in [2.45, 2.75) is 6.61 Å². The van der Waals surface area contributed by atoms with Gasteiger partial charge >= 0.3 is 5.97 Å². The van der Waals surface area contributed by atoms with Crippen LogP contribution in [0.15, 0.2) is 65.3 Å². The molecule has 0 N–H and O–H groups in total. The van der Waals surface area contributed by atoms with Gasteiger partial charge in [-0.3, -0.25) is 10.1 Å². The predicted octanol–water partition coefficient (Wildman–Crippen LogP) is 6.99. The van der Waals surface area contributed by atoms with Gasteiger partial charge in [0.25, 0.3) is 5.69 Å². The Bertz CT molecular complexity index is 1370. The number of cyclic esters (lactones) is 1. The largest absolute Gasteiger partial charge is 0.487 e. The Kier molecular flexibility index (Phi) is 8.09. The Morgan fingerprint density at radius 1 is 1.09 bits per heavy atom. The van der Waals surface area contributed by atoms with Crippen molar-refractivity contribution in [3.05, 3.63) is 103 Å². The average molecular weight is 813 g/mol. The van der Waals surface area contributed by atoms with E-state index in [0.29, 0.717) is 12.2 Å². The molecule has 11 heteroatoms. The number of hydrogen-bond donors (Lipinski definition) is 0. The molecule has 0 atom stereocenters. The summed E-state index contributed by atoms with van der Waals surface area (Å²) in [5, 5.41) is 11.0. The Morgan fingerprint density at radius 3 is 2.47 bits per heavy atom. The summed E-state index contributed by atoms with van der Waals surface area (Å²) in [7, 11) is 0. The van der Waals surface area contributed by atoms with E-state index in [1.54, 1.807) is 6.08 Å². The lowest BCUT2D eigenvalue weighted by atomic mass is 10.2. The SMILES string of the molecule is O=C1OC(c2ccc([N+](=O)[O-])cc2Cl)=N/C1=C\c1cc(I)c(OCc2cccc(I)c2)c(I)c1. The first kappa shape index (κ1) is 25.3. The van der Waals surface area contributed by atoms with Gasteiger partial charge in [-0.15, -0.1) is 0 Å². The van der Waals surface area contributed by atoms with Crippen LogP contribution in [0.5, 0.6) is 5.75 Å². The number of carbonyl (C=O) groups is 1. The van der Waals surface area contributed by atoms with Crippen LogP contribution < -0.4 is 4.74 Å². The topological polar surface area (TPSA) is 91.0 Å². The molecular weight excluding hydrogens is 800 g/mol. The van der Waals surface area contributed by atoms with Crippen molar-refractivity contribution >= 4 is 103 Å². The van der Waals surface area contributed by atoms with E-state index in [1.807, 2.05) is 30.3 Å². The number of esters is 1. The third-order valence-corrected chi connectivity index (χ3v) is 7.20. The van der Waals surface area contributed by atoms with Crippen molar-refractivity contribution in [2.24, 2.45) is 4.99 Å². The summed E-state index contributed by atoms with van der Waals surface area (Å²) in [6, 6.07) is 15.7. The van der Waals surface area contributed by atoms with Crippen LogP contribution in [0.4, 0.5) is 5.69 Å². The molecule has 0 saturated carbocycles. The molecule has 0 unspecified atom stereocenters. The van der Waals surface area contributed by atoms with Crippen molar-refractivity contribution in [1.29, 1.82) is 0 Å². The Labute approximate surface area is 240 Å². The molecule has 1 aliphatic rings. The van der Waals surface area contributed by atoms with E-state index >= 15 is 0 Å². The fourth-order valence-electron chi connectivity index (χ4n) is 3.06. The van der Waals surface area contributed by atoms with E-state index < -0.39 is 10.9 Å². The van der Waals surface area contributed by atoms with Gasteiger partial charge in [0.05, 0.1) is 22.6 Å². The maximum atomic E-state index is 12.4. The number of non-ortho nitro benzene ring substituents is 1. The number of aliphatic imine (C=N–C) groups is 1. The van der Waals surface area contributed by atoms with Crippen LogP contribution in [0.25, 0.3) is 6.08 Å². The maximum Gasteiger partial charge on any atom is 0.363 e. The molecule has 0 fully saturated rings. The lowest BCUT2D eigenvalue weighted by Gasteiger charge is -2.12. The van der Waals surface area contributed by atoms with Gasteiger partial charge in [-0.05, 0) is 115 Å². The van der Waals surface area contributed by atoms with Crippen molar-refractivity contribution in [1.82, 2.24) is 0 Å². The molecule has 0 spiro atoms. The molecule has 0 bridgehead atoms. The molecule has 1 aliphatic heterocycles. The third kappa shape index (κ3) is 5.88. The van der Waals surface area contributed by atoms with Crippen LogP contribution in [0.2, 0.25) is 5.02 Å². The van der Waals surface area contributed by atoms with Crippen molar-refractivity contribution in [3.63, 3.8) is 0 Å². The summed E-state index contributed by atoms with van der Waals surface area (Å²) in [6.45, 7) is 0.444. The zero-order chi connectivity index (χ0) is 24.4. The summed E-state index contributed by atoms with van der Waals surface area (Å²) in [4.78, 5) is 27.0. The minimum atomic E-state index is -0.631. The number of rotatable bonds is 6. The maximum absolute atomic E-state index is 12.4. The first-order chi connectivity index (χ1) is 16.2. The molecule has 3 aromatic carbocycles. The number of halogens is 4. The standard InChI is InChI=1S/C23H12ClI3N2O5/c24-17-10-15(29(31)32)4-5-16(17)22-28-20(23(30)34-22)9-13-7-18(26)21(19(27)8-13)33-11-12-2-1-3-14(25)6-12/h1-10H,11H2/b20-9-. The van der Waals surface area contributed by atoms with Gasteiger partial charge in [-0.1, -0.05) is 23.7 Å². The van der Waals surface area contributed by atoms with Gasteiger partial charge in [-0.2, -0.15) is 0 Å². The lowest BCUT2D eigenvalue weighted by molar-refractivity contribution is -0.384. The van der Waals surface area contributed by atoms with Crippen LogP contribution in [-0.4, -0.2) is 16.8 Å². The number of nitrogens with zero attached hydrogens (tertiary/aromatic N) is 2. The van der Waals surface area contributed by atoms with Crippen molar-refractivity contribution < 1.29 is 19.2 Å². The smallest absolute Gasteiger partial charge is 0.363 e. The summed E-state index contributed by atoms with van der Waals surface area (Å²) in [5.74, 6) is 0.129. The second-order valence-corrected chi connectivity index (χ2v) is 11.0. The highest BCUT2D eigenvalue weighted by atomic mass is 127. The van der Waals surface area contributed by atoms with Crippen molar-refractivity contribution in [3.8, 4) is 5.75 Å². The highest BCUT2D eigenvalue weighted by Crippen LogP contribution is 2.32. The molecule has 1 heterocycles. The third-order valence-electron chi connectivity index (χ3n) is 4.61. The highest BCUT2D eigenvalue weighted by Gasteiger charge is 2.26. The van der Waals surface area contributed by atoms with Gasteiger partial charge < -0.3 is 9.47 Å². The van der Waals surface area contributed by atoms with Gasteiger partial charge in [0.15, 0.2) is 5.70 Å². The number of nitro groups is 1. The van der Waals surface area contributed by atoms with E-state index in [0.717, 1.165) is 27.6 Å². The minimum Gasteiger partial charge on any atom is -0.487 e. The van der Waals surface area contributed by atoms with E-state index in [-0.39, 0.29) is 22.3 Å². The summed E-state index contributed by atoms with van der Waals surface area (Å²) >= 11 is 12.8. The molecule has 0 aromatic heterocycles. The summed E-state index contributed by atoms with van der Waals surface area (Å²) in [6.07, 6.45) is 1.61. The number of carbonyl (C=O) groups excluding carboxylic acids is 1. The Balaban J connectivity index is 1.57. The quantitative estimate of drug-likeness (QED) is 0.0882. The van der Waals surface area contributed by atoms with E-state index in [4.69, 9.17) is 21.1 Å². The van der Waals surface area contributed by atoms with Gasteiger partial charge in [0, 0.05) is 15.7 Å². The molecule has 3 aromatic rings. The molecule has 34 heavy (non-hydrogen) atoms. The minimum absolute atomic E-state index is 0.00186. The molecular formula is C23H12ClI3N2O5. The monoisotopic (exact) mass is 812 g/mol. The van der Waals surface area contributed by atoms with E-state index in [9.17, 15) is 14.9 Å². The summed E-state index contributed by atoms with van der Waals surface area (Å²) in [5.41, 5.74) is 2.06. The van der Waals surface area contributed by atoms with Gasteiger partial charge in [0.1, 0.15) is 12.4 Å². The molecule has 0 aliphatic carbocycles. The van der Waals surface area contributed by atoms with E-state index in [2.05, 4.69) is 78.8 Å². The first-order valence-corrected chi connectivity index (χ1v) is 13.2. The normalized spacial score (nSPS) is 14.2. The van der Waals surface area contributed by atoms with Crippen molar-refractivity contribution in [2.75, 3.05) is 0 Å². The first-order valence-electron chi connectivity index (χ1n) is 9.54. The fraction of sp³-hybridized carbons (Fsp3) is 0.0435. The number of ether oxygens (including phenoxy) is 2. The molecule has 7 nitrogen and oxygen atoms in total. The highest BCUT2D eigenvalue weighted by molar-refractivity contribution is 14.1. The number of benzene rings is 3. The molecule has 0 saturated heterocycles. The number of hydrogen-bond acceptors (Lipinski definition) is 6. The number of nitro benzene ring substituents is 1. The Hall–Kier alpha value is -1.78. The zero-order valence-corrected chi connectivity index (χ0v) is 24.2. The molecule has 0 radical (unpaired) electrons. The average Bonchev–Trinajstić information content (AvgIpc) is 3.12. The fourth-order valence-corrected chi connectivity index (χ4v) is 6.05. The van der Waals surface area contributed by atoms with E-state index in [1.165, 1.54) is 18.2 Å². The molecule has 172 valence electrons. The zero-order valence-electron chi connectivity index (χ0n) is 16.9. The van der Waals surface area contributed by atoms with Crippen LogP contribution >= 0.6 is 79.4 Å². The molecule has 4 rings (SSSR count). The summed E-state index contributed by atoms with van der Waals surface area (Å²) < 4.78 is 14.2. The predicted molar refractivity (Wildman–Crippen MR) is 154 cm³/mol.